The molecule has 3 rings (SSSR count). The van der Waals surface area contributed by atoms with Crippen LogP contribution in [0, 0.1) is 6.92 Å². The first-order valence-corrected chi connectivity index (χ1v) is 8.71. The minimum atomic E-state index is -0.628. The second-order valence-corrected chi connectivity index (χ2v) is 6.79. The summed E-state index contributed by atoms with van der Waals surface area (Å²) in [6, 6.07) is 7.21. The summed E-state index contributed by atoms with van der Waals surface area (Å²) in [5.41, 5.74) is 8.36. The summed E-state index contributed by atoms with van der Waals surface area (Å²) in [4.78, 5) is 31.4. The summed E-state index contributed by atoms with van der Waals surface area (Å²) < 4.78 is 0. The smallest absolute Gasteiger partial charge is 0.266 e. The van der Waals surface area contributed by atoms with Crippen LogP contribution in [0.25, 0.3) is 0 Å². The summed E-state index contributed by atoms with van der Waals surface area (Å²) in [6.07, 6.45) is 0.454. The van der Waals surface area contributed by atoms with Crippen LogP contribution in [0.5, 0.6) is 0 Å². The lowest BCUT2D eigenvalue weighted by atomic mass is 9.93. The molecule has 0 spiro atoms. The van der Waals surface area contributed by atoms with Crippen molar-refractivity contribution in [1.82, 2.24) is 9.88 Å². The molecule has 1 aliphatic rings. The number of hydrogen-bond acceptors (Lipinski definition) is 5. The van der Waals surface area contributed by atoms with Crippen molar-refractivity contribution in [1.29, 1.82) is 0 Å². The van der Waals surface area contributed by atoms with E-state index < -0.39 is 11.9 Å². The lowest BCUT2D eigenvalue weighted by Crippen LogP contribution is -2.51. The monoisotopic (exact) mass is 344 g/mol. The summed E-state index contributed by atoms with van der Waals surface area (Å²) in [5, 5.41) is 3.84. The maximum absolute atomic E-state index is 13.0. The Hall–Kier alpha value is -2.41. The summed E-state index contributed by atoms with van der Waals surface area (Å²) in [5.74, 6) is -0.667. The molecule has 2 heterocycles. The molecule has 2 aromatic rings. The molecule has 7 heteroatoms. The highest BCUT2D eigenvalue weighted by molar-refractivity contribution is 7.17. The van der Waals surface area contributed by atoms with Gasteiger partial charge in [0.05, 0.1) is 5.69 Å². The Bertz CT molecular complexity index is 787. The van der Waals surface area contributed by atoms with Crippen molar-refractivity contribution >= 4 is 28.3 Å². The second kappa shape index (κ2) is 6.60. The molecule has 1 atom stereocenters. The molecular weight excluding hydrogens is 324 g/mol. The quantitative estimate of drug-likeness (QED) is 0.887. The third-order valence-corrected chi connectivity index (χ3v) is 5.26. The topological polar surface area (TPSA) is 88.3 Å². The Balaban J connectivity index is 1.94. The van der Waals surface area contributed by atoms with Crippen molar-refractivity contribution in [3.8, 4) is 0 Å². The number of hydrogen-bond donors (Lipinski definition) is 2. The SMILES string of the molecule is CCNc1nc(C)c(C(=O)N2Cc3ccccc3C[C@H]2C(N)=O)s1. The Morgan fingerprint density at radius 2 is 2.08 bits per heavy atom. The highest BCUT2D eigenvalue weighted by atomic mass is 32.1. The van der Waals surface area contributed by atoms with Gasteiger partial charge in [0.25, 0.3) is 5.91 Å². The normalized spacial score (nSPS) is 16.6. The third-order valence-electron chi connectivity index (χ3n) is 4.16. The first-order chi connectivity index (χ1) is 11.5. The minimum absolute atomic E-state index is 0.188. The number of nitrogens with two attached hydrogens (primary N) is 1. The average Bonchev–Trinajstić information content (AvgIpc) is 2.93. The number of carbonyl (C=O) groups is 2. The van der Waals surface area contributed by atoms with Gasteiger partial charge < -0.3 is 16.0 Å². The minimum Gasteiger partial charge on any atom is -0.368 e. The van der Waals surface area contributed by atoms with Crippen LogP contribution < -0.4 is 11.1 Å². The fourth-order valence-electron chi connectivity index (χ4n) is 2.94. The van der Waals surface area contributed by atoms with E-state index in [-0.39, 0.29) is 5.91 Å². The van der Waals surface area contributed by atoms with Gasteiger partial charge in [0.15, 0.2) is 5.13 Å². The molecule has 6 nitrogen and oxygen atoms in total. The number of nitrogens with one attached hydrogen (secondary N) is 1. The van der Waals surface area contributed by atoms with Crippen molar-refractivity contribution in [2.45, 2.75) is 32.9 Å². The van der Waals surface area contributed by atoms with Crippen LogP contribution >= 0.6 is 11.3 Å². The molecule has 0 bridgehead atoms. The maximum atomic E-state index is 13.0. The molecule has 126 valence electrons. The second-order valence-electron chi connectivity index (χ2n) is 5.79. The molecule has 0 saturated heterocycles. The predicted molar refractivity (Wildman–Crippen MR) is 94.0 cm³/mol. The Kier molecular flexibility index (Phi) is 4.53. The lowest BCUT2D eigenvalue weighted by Gasteiger charge is -2.34. The van der Waals surface area contributed by atoms with Gasteiger partial charge in [0.2, 0.25) is 5.91 Å². The molecule has 1 aromatic heterocycles. The number of primary amides is 1. The average molecular weight is 344 g/mol. The van der Waals surface area contributed by atoms with Crippen LogP contribution in [0.2, 0.25) is 0 Å². The molecule has 2 amide bonds. The Labute approximate surface area is 144 Å². The number of aromatic nitrogens is 1. The van der Waals surface area contributed by atoms with E-state index in [9.17, 15) is 9.59 Å². The van der Waals surface area contributed by atoms with Crippen LogP contribution in [0.4, 0.5) is 5.13 Å². The van der Waals surface area contributed by atoms with E-state index in [0.717, 1.165) is 17.7 Å². The molecule has 0 saturated carbocycles. The number of carbonyl (C=O) groups excluding carboxylic acids is 2. The number of anilines is 1. The van der Waals surface area contributed by atoms with Crippen molar-refractivity contribution in [2.75, 3.05) is 11.9 Å². The van der Waals surface area contributed by atoms with Gasteiger partial charge in [-0.3, -0.25) is 9.59 Å². The number of nitrogens with zero attached hydrogens (tertiary/aromatic N) is 2. The number of fused-ring (bicyclic) bond motifs is 1. The van der Waals surface area contributed by atoms with Gasteiger partial charge in [0.1, 0.15) is 10.9 Å². The first kappa shape index (κ1) is 16.4. The number of benzene rings is 1. The maximum Gasteiger partial charge on any atom is 0.266 e. The molecule has 24 heavy (non-hydrogen) atoms. The molecule has 1 aromatic carbocycles. The van der Waals surface area contributed by atoms with Crippen LogP contribution in [0.3, 0.4) is 0 Å². The molecular formula is C17H20N4O2S. The van der Waals surface area contributed by atoms with E-state index in [1.54, 1.807) is 4.90 Å². The van der Waals surface area contributed by atoms with Gasteiger partial charge in [-0.2, -0.15) is 0 Å². The number of aryl methyl sites for hydroxylation is 1. The van der Waals surface area contributed by atoms with Crippen molar-refractivity contribution in [2.24, 2.45) is 5.73 Å². The van der Waals surface area contributed by atoms with E-state index in [4.69, 9.17) is 5.73 Å². The van der Waals surface area contributed by atoms with Gasteiger partial charge in [-0.15, -0.1) is 0 Å². The lowest BCUT2D eigenvalue weighted by molar-refractivity contribution is -0.122. The van der Waals surface area contributed by atoms with Crippen molar-refractivity contribution < 1.29 is 9.59 Å². The van der Waals surface area contributed by atoms with Gasteiger partial charge in [-0.1, -0.05) is 35.6 Å². The Morgan fingerprint density at radius 3 is 2.75 bits per heavy atom. The van der Waals surface area contributed by atoms with Crippen LogP contribution in [0.15, 0.2) is 24.3 Å². The first-order valence-electron chi connectivity index (χ1n) is 7.89. The van der Waals surface area contributed by atoms with Crippen LogP contribution in [0.1, 0.15) is 33.4 Å². The summed E-state index contributed by atoms with van der Waals surface area (Å²) in [7, 11) is 0. The van der Waals surface area contributed by atoms with Gasteiger partial charge in [-0.05, 0) is 25.0 Å². The number of amides is 2. The standard InChI is InChI=1S/C17H20N4O2S/c1-3-19-17-20-10(2)14(24-17)16(23)21-9-12-7-5-4-6-11(12)8-13(21)15(18)22/h4-7,13H,3,8-9H2,1-2H3,(H2,18,22)(H,19,20)/t13-/m0/s1. The van der Waals surface area contributed by atoms with E-state index in [2.05, 4.69) is 10.3 Å². The summed E-state index contributed by atoms with van der Waals surface area (Å²) in [6.45, 7) is 4.91. The largest absolute Gasteiger partial charge is 0.368 e. The predicted octanol–water partition coefficient (Wildman–Crippen LogP) is 1.94. The van der Waals surface area contributed by atoms with Crippen molar-refractivity contribution in [3.63, 3.8) is 0 Å². The molecule has 0 radical (unpaired) electrons. The fraction of sp³-hybridized carbons (Fsp3) is 0.353. The zero-order chi connectivity index (χ0) is 17.3. The van der Waals surface area contributed by atoms with Gasteiger partial charge >= 0.3 is 0 Å². The molecule has 1 aliphatic heterocycles. The van der Waals surface area contributed by atoms with Gasteiger partial charge in [-0.25, -0.2) is 4.98 Å². The summed E-state index contributed by atoms with van der Waals surface area (Å²) >= 11 is 1.32. The zero-order valence-corrected chi connectivity index (χ0v) is 14.5. The van der Waals surface area contributed by atoms with Crippen LogP contribution in [-0.4, -0.2) is 34.3 Å². The highest BCUT2D eigenvalue weighted by Gasteiger charge is 2.35. The van der Waals surface area contributed by atoms with E-state index in [0.29, 0.717) is 28.7 Å². The fourth-order valence-corrected chi connectivity index (χ4v) is 3.93. The van der Waals surface area contributed by atoms with Gasteiger partial charge in [0, 0.05) is 19.5 Å². The molecule has 0 aliphatic carbocycles. The third kappa shape index (κ3) is 2.99. The zero-order valence-electron chi connectivity index (χ0n) is 13.7. The molecule has 0 unspecified atom stereocenters. The van der Waals surface area contributed by atoms with Crippen molar-refractivity contribution in [3.05, 3.63) is 46.0 Å². The van der Waals surface area contributed by atoms with E-state index >= 15 is 0 Å². The number of thiazole rings is 1. The number of rotatable bonds is 4. The molecule has 3 N–H and O–H groups in total. The molecule has 0 fully saturated rings. The Morgan fingerprint density at radius 1 is 1.38 bits per heavy atom. The highest BCUT2D eigenvalue weighted by Crippen LogP contribution is 2.29. The van der Waals surface area contributed by atoms with Crippen LogP contribution in [-0.2, 0) is 17.8 Å². The van der Waals surface area contributed by atoms with E-state index in [1.807, 2.05) is 38.1 Å². The van der Waals surface area contributed by atoms with E-state index in [1.165, 1.54) is 11.3 Å².